The maximum Gasteiger partial charge on any atom is 0.337 e. The van der Waals surface area contributed by atoms with E-state index in [1.165, 1.54) is 7.11 Å². The molecular formula is C22H19NO3. The predicted octanol–water partition coefficient (Wildman–Crippen LogP) is 3.56. The van der Waals surface area contributed by atoms with Crippen LogP contribution in [-0.2, 0) is 10.3 Å². The number of hydrogen-bond acceptors (Lipinski definition) is 4. The summed E-state index contributed by atoms with van der Waals surface area (Å²) in [5.41, 5.74) is 0.853. The number of esters is 1. The summed E-state index contributed by atoms with van der Waals surface area (Å²) < 4.78 is 4.70. The van der Waals surface area contributed by atoms with Crippen molar-refractivity contribution in [3.05, 3.63) is 77.9 Å². The van der Waals surface area contributed by atoms with Crippen molar-refractivity contribution in [1.29, 1.82) is 0 Å². The number of aliphatic hydroxyl groups excluding tert-OH is 1. The molecular weight excluding hydrogens is 326 g/mol. The van der Waals surface area contributed by atoms with Gasteiger partial charge in [-0.15, -0.1) is 6.42 Å². The zero-order chi connectivity index (χ0) is 18.6. The number of aliphatic hydroxyl groups is 1. The minimum Gasteiger partial charge on any atom is -0.465 e. The lowest BCUT2D eigenvalue weighted by Crippen LogP contribution is -2.37. The molecule has 4 nitrogen and oxygen atoms in total. The third-order valence-corrected chi connectivity index (χ3v) is 4.39. The molecule has 3 aromatic carbocycles. The Morgan fingerprint density at radius 2 is 1.81 bits per heavy atom. The van der Waals surface area contributed by atoms with E-state index < -0.39 is 11.5 Å². The molecule has 0 aliphatic heterocycles. The molecule has 0 aromatic heterocycles. The maximum atomic E-state index is 11.6. The summed E-state index contributed by atoms with van der Waals surface area (Å²) in [4.78, 5) is 11.6. The number of fused-ring (bicyclic) bond motifs is 1. The zero-order valence-corrected chi connectivity index (χ0v) is 14.4. The van der Waals surface area contributed by atoms with Gasteiger partial charge in [0, 0.05) is 5.69 Å². The molecule has 0 heterocycles. The molecule has 4 heteroatoms. The van der Waals surface area contributed by atoms with Gasteiger partial charge in [0.25, 0.3) is 0 Å². The third kappa shape index (κ3) is 3.26. The molecule has 0 amide bonds. The average Bonchev–Trinajstić information content (AvgIpc) is 2.71. The highest BCUT2D eigenvalue weighted by Crippen LogP contribution is 2.29. The fourth-order valence-corrected chi connectivity index (χ4v) is 2.88. The van der Waals surface area contributed by atoms with Crippen molar-refractivity contribution in [2.75, 3.05) is 19.0 Å². The van der Waals surface area contributed by atoms with Gasteiger partial charge in [0.15, 0.2) is 0 Å². The first-order valence-electron chi connectivity index (χ1n) is 8.16. The van der Waals surface area contributed by atoms with E-state index in [0.29, 0.717) is 11.3 Å². The van der Waals surface area contributed by atoms with E-state index in [1.807, 2.05) is 42.5 Å². The van der Waals surface area contributed by atoms with E-state index in [9.17, 15) is 9.90 Å². The lowest BCUT2D eigenvalue weighted by Gasteiger charge is -2.29. The summed E-state index contributed by atoms with van der Waals surface area (Å²) in [6.07, 6.45) is 5.80. The fourth-order valence-electron chi connectivity index (χ4n) is 2.88. The van der Waals surface area contributed by atoms with Crippen LogP contribution in [0.5, 0.6) is 0 Å². The molecule has 0 aliphatic carbocycles. The highest BCUT2D eigenvalue weighted by molar-refractivity contribution is 5.89. The molecule has 0 saturated heterocycles. The summed E-state index contributed by atoms with van der Waals surface area (Å²) in [5.74, 6) is 2.28. The Morgan fingerprint density at radius 3 is 2.42 bits per heavy atom. The molecule has 130 valence electrons. The first-order chi connectivity index (χ1) is 12.6. The minimum atomic E-state index is -1.07. The van der Waals surface area contributed by atoms with E-state index in [1.54, 1.807) is 24.3 Å². The summed E-state index contributed by atoms with van der Waals surface area (Å²) in [6.45, 7) is -0.277. The SMILES string of the molecule is C#C[C@@](CO)(Nc1ccc(C(=O)OC)cc1)c1ccc2ccccc2c1. The van der Waals surface area contributed by atoms with Crippen molar-refractivity contribution in [1.82, 2.24) is 0 Å². The van der Waals surface area contributed by atoms with Crippen LogP contribution in [-0.4, -0.2) is 24.8 Å². The predicted molar refractivity (Wildman–Crippen MR) is 103 cm³/mol. The molecule has 0 fully saturated rings. The van der Waals surface area contributed by atoms with E-state index in [-0.39, 0.29) is 6.61 Å². The van der Waals surface area contributed by atoms with Gasteiger partial charge in [-0.25, -0.2) is 4.79 Å². The molecule has 0 unspecified atom stereocenters. The van der Waals surface area contributed by atoms with Gasteiger partial charge in [0.2, 0.25) is 0 Å². The number of carbonyl (C=O) groups is 1. The summed E-state index contributed by atoms with van der Waals surface area (Å²) >= 11 is 0. The Labute approximate surface area is 152 Å². The number of methoxy groups -OCH3 is 1. The molecule has 0 spiro atoms. The molecule has 0 bridgehead atoms. The Morgan fingerprint density at radius 1 is 1.12 bits per heavy atom. The van der Waals surface area contributed by atoms with E-state index >= 15 is 0 Å². The number of rotatable bonds is 5. The topological polar surface area (TPSA) is 58.6 Å². The smallest absolute Gasteiger partial charge is 0.337 e. The van der Waals surface area contributed by atoms with Gasteiger partial charge >= 0.3 is 5.97 Å². The van der Waals surface area contributed by atoms with Gasteiger partial charge in [-0.1, -0.05) is 42.3 Å². The molecule has 3 aromatic rings. The molecule has 0 saturated carbocycles. The Balaban J connectivity index is 1.96. The Hall–Kier alpha value is -3.29. The third-order valence-electron chi connectivity index (χ3n) is 4.39. The first-order valence-corrected chi connectivity index (χ1v) is 8.16. The normalized spacial score (nSPS) is 12.8. The Bertz CT molecular complexity index is 973. The standard InChI is InChI=1S/C22H19NO3/c1-3-22(15-24,19-11-8-16-6-4-5-7-18(16)14-19)23-20-12-9-17(10-13-20)21(25)26-2/h1,4-14,23-24H,15H2,2H3/t22-/m0/s1. The number of benzene rings is 3. The van der Waals surface area contributed by atoms with E-state index in [0.717, 1.165) is 16.3 Å². The van der Waals surface area contributed by atoms with Crippen LogP contribution < -0.4 is 5.32 Å². The van der Waals surface area contributed by atoms with Crippen LogP contribution in [0.25, 0.3) is 10.8 Å². The molecule has 0 radical (unpaired) electrons. The second kappa shape index (κ2) is 7.30. The molecule has 26 heavy (non-hydrogen) atoms. The fraction of sp³-hybridized carbons (Fsp3) is 0.136. The first kappa shape index (κ1) is 17.5. The number of ether oxygens (including phenoxy) is 1. The Kier molecular flexibility index (Phi) is 4.92. The number of terminal acetylenes is 1. The highest BCUT2D eigenvalue weighted by Gasteiger charge is 2.29. The molecule has 3 rings (SSSR count). The highest BCUT2D eigenvalue weighted by atomic mass is 16.5. The van der Waals surface area contributed by atoms with Gasteiger partial charge in [-0.2, -0.15) is 0 Å². The van der Waals surface area contributed by atoms with Crippen molar-refractivity contribution >= 4 is 22.4 Å². The largest absolute Gasteiger partial charge is 0.465 e. The van der Waals surface area contributed by atoms with Crippen LogP contribution in [0.2, 0.25) is 0 Å². The molecule has 1 atom stereocenters. The van der Waals surface area contributed by atoms with Gasteiger partial charge in [-0.05, 0) is 46.7 Å². The number of hydrogen-bond donors (Lipinski definition) is 2. The number of carbonyl (C=O) groups excluding carboxylic acids is 1. The van der Waals surface area contributed by atoms with Crippen LogP contribution in [0.3, 0.4) is 0 Å². The lowest BCUT2D eigenvalue weighted by molar-refractivity contribution is 0.0601. The van der Waals surface area contributed by atoms with Crippen molar-refractivity contribution in [2.24, 2.45) is 0 Å². The van der Waals surface area contributed by atoms with Crippen molar-refractivity contribution in [2.45, 2.75) is 5.54 Å². The minimum absolute atomic E-state index is 0.277. The van der Waals surface area contributed by atoms with E-state index in [2.05, 4.69) is 11.2 Å². The van der Waals surface area contributed by atoms with Gasteiger partial charge in [-0.3, -0.25) is 0 Å². The van der Waals surface area contributed by atoms with Crippen LogP contribution in [0.15, 0.2) is 66.7 Å². The quantitative estimate of drug-likeness (QED) is 0.548. The number of nitrogens with one attached hydrogen (secondary N) is 1. The second-order valence-electron chi connectivity index (χ2n) is 5.96. The van der Waals surface area contributed by atoms with Crippen molar-refractivity contribution in [3.63, 3.8) is 0 Å². The second-order valence-corrected chi connectivity index (χ2v) is 5.96. The maximum absolute atomic E-state index is 11.6. The van der Waals surface area contributed by atoms with Crippen LogP contribution in [0.4, 0.5) is 5.69 Å². The lowest BCUT2D eigenvalue weighted by atomic mass is 9.89. The van der Waals surface area contributed by atoms with Gasteiger partial charge < -0.3 is 15.2 Å². The monoisotopic (exact) mass is 345 g/mol. The number of anilines is 1. The average molecular weight is 345 g/mol. The van der Waals surface area contributed by atoms with Crippen LogP contribution in [0, 0.1) is 12.3 Å². The summed E-state index contributed by atoms with van der Waals surface area (Å²) in [5, 5.41) is 15.4. The van der Waals surface area contributed by atoms with E-state index in [4.69, 9.17) is 11.2 Å². The van der Waals surface area contributed by atoms with Gasteiger partial charge in [0.05, 0.1) is 19.3 Å². The van der Waals surface area contributed by atoms with Gasteiger partial charge in [0.1, 0.15) is 5.54 Å². The van der Waals surface area contributed by atoms with Crippen molar-refractivity contribution < 1.29 is 14.6 Å². The van der Waals surface area contributed by atoms with Crippen LogP contribution >= 0.6 is 0 Å². The van der Waals surface area contributed by atoms with Crippen molar-refractivity contribution in [3.8, 4) is 12.3 Å². The zero-order valence-electron chi connectivity index (χ0n) is 14.4. The van der Waals surface area contributed by atoms with Crippen LogP contribution in [0.1, 0.15) is 15.9 Å². The summed E-state index contributed by atoms with van der Waals surface area (Å²) in [7, 11) is 1.34. The summed E-state index contributed by atoms with van der Waals surface area (Å²) in [6, 6.07) is 20.6. The molecule has 0 aliphatic rings. The molecule has 2 N–H and O–H groups in total.